The van der Waals surface area contributed by atoms with Crippen molar-refractivity contribution >= 4 is 11.4 Å². The maximum atomic E-state index is 12.6. The molecule has 0 bridgehead atoms. The first-order valence-corrected chi connectivity index (χ1v) is 6.09. The molecule has 1 heterocycles. The summed E-state index contributed by atoms with van der Waals surface area (Å²) >= 11 is 0. The Kier molecular flexibility index (Phi) is 3.86. The summed E-state index contributed by atoms with van der Waals surface area (Å²) in [7, 11) is 2.08. The predicted molar refractivity (Wildman–Crippen MR) is 65.7 cm³/mol. The minimum absolute atomic E-state index is 0.0920. The number of hydrogen-bond donors (Lipinski definition) is 3. The summed E-state index contributed by atoms with van der Waals surface area (Å²) in [6.45, 7) is 3.36. The highest BCUT2D eigenvalue weighted by atomic mass is 19.4. The standard InChI is InChI=1S/C12H16F3N3O/c1-17-4-6-18(7-5-17)11-3-2-9(12(13,14)15)8-10(11)16-19/h2-3,8,16,19H,4-7H2,1H3/p+1. The van der Waals surface area contributed by atoms with Gasteiger partial charge >= 0.3 is 6.18 Å². The van der Waals surface area contributed by atoms with Crippen LogP contribution in [0.4, 0.5) is 24.5 Å². The molecule has 1 aromatic carbocycles. The molecule has 0 atom stereocenters. The SMILES string of the molecule is C[NH+]1CCN(c2ccc(C(F)(F)F)cc2NO)CC1. The zero-order valence-electron chi connectivity index (χ0n) is 10.6. The van der Waals surface area contributed by atoms with Crippen LogP contribution in [-0.4, -0.2) is 38.4 Å². The van der Waals surface area contributed by atoms with Crippen molar-refractivity contribution < 1.29 is 23.3 Å². The number of halogens is 3. The van der Waals surface area contributed by atoms with Crippen LogP contribution in [0.5, 0.6) is 0 Å². The van der Waals surface area contributed by atoms with E-state index >= 15 is 0 Å². The molecule has 0 unspecified atom stereocenters. The molecule has 19 heavy (non-hydrogen) atoms. The second-order valence-electron chi connectivity index (χ2n) is 4.79. The van der Waals surface area contributed by atoms with Crippen LogP contribution in [0.3, 0.4) is 0 Å². The molecule has 106 valence electrons. The molecule has 2 rings (SSSR count). The predicted octanol–water partition coefficient (Wildman–Crippen LogP) is 0.841. The molecule has 3 N–H and O–H groups in total. The van der Waals surface area contributed by atoms with E-state index in [0.717, 1.165) is 38.3 Å². The van der Waals surface area contributed by atoms with E-state index in [9.17, 15) is 13.2 Å². The molecule has 0 spiro atoms. The molecule has 0 amide bonds. The molecule has 1 aliphatic heterocycles. The summed E-state index contributed by atoms with van der Waals surface area (Å²) in [5.41, 5.74) is 1.79. The number of alkyl halides is 3. The van der Waals surface area contributed by atoms with Crippen LogP contribution < -0.4 is 15.3 Å². The molecular formula is C12H17F3N3O+. The number of rotatable bonds is 2. The lowest BCUT2D eigenvalue weighted by Crippen LogP contribution is -3.12. The third-order valence-corrected chi connectivity index (χ3v) is 3.40. The summed E-state index contributed by atoms with van der Waals surface area (Å²) < 4.78 is 37.8. The van der Waals surface area contributed by atoms with E-state index in [1.54, 1.807) is 0 Å². The van der Waals surface area contributed by atoms with Crippen molar-refractivity contribution in [2.24, 2.45) is 0 Å². The molecule has 0 saturated carbocycles. The number of piperazine rings is 1. The van der Waals surface area contributed by atoms with Gasteiger partial charge in [0.2, 0.25) is 0 Å². The smallest absolute Gasteiger partial charge is 0.358 e. The van der Waals surface area contributed by atoms with Crippen LogP contribution in [0.1, 0.15) is 5.56 Å². The van der Waals surface area contributed by atoms with Crippen LogP contribution in [0, 0.1) is 0 Å². The van der Waals surface area contributed by atoms with Crippen molar-refractivity contribution in [3.63, 3.8) is 0 Å². The van der Waals surface area contributed by atoms with E-state index in [1.807, 2.05) is 10.4 Å². The lowest BCUT2D eigenvalue weighted by atomic mass is 10.1. The molecule has 1 fully saturated rings. The van der Waals surface area contributed by atoms with Gasteiger partial charge in [0, 0.05) is 0 Å². The Labute approximate surface area is 109 Å². The lowest BCUT2D eigenvalue weighted by Gasteiger charge is -2.32. The summed E-state index contributed by atoms with van der Waals surface area (Å²) in [5.74, 6) is 0. The number of nitrogens with zero attached hydrogens (tertiary/aromatic N) is 1. The number of hydrogen-bond acceptors (Lipinski definition) is 3. The average Bonchev–Trinajstić information content (AvgIpc) is 2.38. The highest BCUT2D eigenvalue weighted by Crippen LogP contribution is 2.35. The van der Waals surface area contributed by atoms with Gasteiger partial charge < -0.3 is 9.80 Å². The first-order valence-electron chi connectivity index (χ1n) is 6.09. The Bertz CT molecular complexity index is 442. The van der Waals surface area contributed by atoms with Crippen LogP contribution in [0.2, 0.25) is 0 Å². The fourth-order valence-corrected chi connectivity index (χ4v) is 2.21. The monoisotopic (exact) mass is 276 g/mol. The van der Waals surface area contributed by atoms with Crippen molar-refractivity contribution in [2.75, 3.05) is 43.6 Å². The summed E-state index contributed by atoms with van der Waals surface area (Å²) in [6, 6.07) is 3.38. The summed E-state index contributed by atoms with van der Waals surface area (Å²) in [6.07, 6.45) is -4.41. The third kappa shape index (κ3) is 3.10. The molecule has 0 aliphatic carbocycles. The van der Waals surface area contributed by atoms with E-state index in [1.165, 1.54) is 11.0 Å². The van der Waals surface area contributed by atoms with Gasteiger partial charge in [-0.1, -0.05) is 0 Å². The molecular weight excluding hydrogens is 259 g/mol. The Morgan fingerprint density at radius 2 is 1.89 bits per heavy atom. The minimum Gasteiger partial charge on any atom is -0.358 e. The lowest BCUT2D eigenvalue weighted by molar-refractivity contribution is -0.880. The van der Waals surface area contributed by atoms with Crippen LogP contribution >= 0.6 is 0 Å². The third-order valence-electron chi connectivity index (χ3n) is 3.40. The Morgan fingerprint density at radius 1 is 1.26 bits per heavy atom. The molecule has 1 aliphatic rings. The number of nitrogens with one attached hydrogen (secondary N) is 2. The zero-order valence-corrected chi connectivity index (χ0v) is 10.6. The van der Waals surface area contributed by atoms with E-state index < -0.39 is 11.7 Å². The van der Waals surface area contributed by atoms with Crippen LogP contribution in [0.15, 0.2) is 18.2 Å². The number of likely N-dealkylation sites (N-methyl/N-ethyl adjacent to an activating group) is 1. The Morgan fingerprint density at radius 3 is 2.42 bits per heavy atom. The van der Waals surface area contributed by atoms with E-state index in [2.05, 4.69) is 7.05 Å². The second kappa shape index (κ2) is 5.26. The van der Waals surface area contributed by atoms with Crippen molar-refractivity contribution in [3.05, 3.63) is 23.8 Å². The topological polar surface area (TPSA) is 39.9 Å². The normalized spacial score (nSPS) is 17.6. The zero-order chi connectivity index (χ0) is 14.0. The van der Waals surface area contributed by atoms with Gasteiger partial charge in [0.05, 0.1) is 50.2 Å². The second-order valence-corrected chi connectivity index (χ2v) is 4.79. The number of benzene rings is 1. The number of anilines is 2. The molecule has 7 heteroatoms. The molecule has 0 radical (unpaired) electrons. The molecule has 4 nitrogen and oxygen atoms in total. The van der Waals surface area contributed by atoms with E-state index in [4.69, 9.17) is 5.21 Å². The molecule has 1 aromatic rings. The quantitative estimate of drug-likeness (QED) is 0.701. The van der Waals surface area contributed by atoms with Crippen molar-refractivity contribution in [1.29, 1.82) is 0 Å². The first-order chi connectivity index (χ1) is 8.91. The minimum atomic E-state index is -4.41. The van der Waals surface area contributed by atoms with Gasteiger partial charge in [-0.25, -0.2) is 0 Å². The molecule has 1 saturated heterocycles. The van der Waals surface area contributed by atoms with Gasteiger partial charge in [0.15, 0.2) is 0 Å². The fourth-order valence-electron chi connectivity index (χ4n) is 2.21. The maximum Gasteiger partial charge on any atom is 0.416 e. The van der Waals surface area contributed by atoms with Crippen molar-refractivity contribution in [3.8, 4) is 0 Å². The summed E-state index contributed by atoms with van der Waals surface area (Å²) in [4.78, 5) is 3.37. The van der Waals surface area contributed by atoms with Crippen molar-refractivity contribution in [2.45, 2.75) is 6.18 Å². The first kappa shape index (κ1) is 14.0. The number of quaternary nitrogens is 1. The van der Waals surface area contributed by atoms with E-state index in [-0.39, 0.29) is 5.69 Å². The van der Waals surface area contributed by atoms with Gasteiger partial charge in [0.1, 0.15) is 0 Å². The van der Waals surface area contributed by atoms with E-state index in [0.29, 0.717) is 5.69 Å². The van der Waals surface area contributed by atoms with Gasteiger partial charge in [-0.05, 0) is 18.2 Å². The van der Waals surface area contributed by atoms with Gasteiger partial charge in [-0.2, -0.15) is 13.2 Å². The summed E-state index contributed by atoms with van der Waals surface area (Å²) in [5, 5.41) is 9.04. The highest BCUT2D eigenvalue weighted by Gasteiger charge is 2.31. The van der Waals surface area contributed by atoms with Gasteiger partial charge in [-0.3, -0.25) is 10.7 Å². The van der Waals surface area contributed by atoms with Gasteiger partial charge in [-0.15, -0.1) is 0 Å². The fraction of sp³-hybridized carbons (Fsp3) is 0.500. The maximum absolute atomic E-state index is 12.6. The average molecular weight is 276 g/mol. The Hall–Kier alpha value is -1.47. The van der Waals surface area contributed by atoms with Crippen LogP contribution in [-0.2, 0) is 6.18 Å². The Balaban J connectivity index is 2.26. The largest absolute Gasteiger partial charge is 0.416 e. The van der Waals surface area contributed by atoms with Crippen LogP contribution in [0.25, 0.3) is 0 Å². The molecule has 0 aromatic heterocycles. The highest BCUT2D eigenvalue weighted by molar-refractivity contribution is 5.70. The van der Waals surface area contributed by atoms with Crippen molar-refractivity contribution in [1.82, 2.24) is 0 Å². The van der Waals surface area contributed by atoms with Gasteiger partial charge in [0.25, 0.3) is 0 Å².